The fourth-order valence-electron chi connectivity index (χ4n) is 1.53. The van der Waals surface area contributed by atoms with Crippen molar-refractivity contribution in [3.8, 4) is 11.5 Å². The van der Waals surface area contributed by atoms with Crippen molar-refractivity contribution in [3.63, 3.8) is 0 Å². The Labute approximate surface area is 94.7 Å². The molecule has 1 aromatic carbocycles. The molecule has 3 nitrogen and oxygen atoms in total. The Bertz CT molecular complexity index is 661. The second-order valence-electron chi connectivity index (χ2n) is 3.49. The van der Waals surface area contributed by atoms with E-state index in [9.17, 15) is 8.78 Å². The Morgan fingerprint density at radius 1 is 1.06 bits per heavy atom. The second-order valence-corrected chi connectivity index (χ2v) is 3.49. The molecule has 0 saturated heterocycles. The molecule has 0 fully saturated rings. The first-order chi connectivity index (χ1) is 8.24. The van der Waals surface area contributed by atoms with Crippen LogP contribution in [0.4, 0.5) is 8.78 Å². The van der Waals surface area contributed by atoms with Crippen molar-refractivity contribution in [2.24, 2.45) is 0 Å². The van der Waals surface area contributed by atoms with Gasteiger partial charge in [0.05, 0.1) is 6.20 Å². The van der Waals surface area contributed by atoms with E-state index in [0.717, 1.165) is 12.1 Å². The van der Waals surface area contributed by atoms with Gasteiger partial charge in [-0.05, 0) is 18.2 Å². The third-order valence-corrected chi connectivity index (χ3v) is 2.36. The molecular weight excluding hydrogens is 226 g/mol. The van der Waals surface area contributed by atoms with Crippen LogP contribution in [0.5, 0.6) is 0 Å². The molecule has 0 atom stereocenters. The number of aromatic nitrogens is 2. The van der Waals surface area contributed by atoms with Crippen molar-refractivity contribution in [1.29, 1.82) is 0 Å². The summed E-state index contributed by atoms with van der Waals surface area (Å²) < 4.78 is 31.3. The smallest absolute Gasteiger partial charge is 0.227 e. The summed E-state index contributed by atoms with van der Waals surface area (Å²) in [6.45, 7) is 0. The second kappa shape index (κ2) is 3.62. The van der Waals surface area contributed by atoms with Gasteiger partial charge in [0.15, 0.2) is 17.2 Å². The third-order valence-electron chi connectivity index (χ3n) is 2.36. The average Bonchev–Trinajstić information content (AvgIpc) is 2.76. The van der Waals surface area contributed by atoms with Crippen LogP contribution in [-0.2, 0) is 0 Å². The molecule has 17 heavy (non-hydrogen) atoms. The van der Waals surface area contributed by atoms with E-state index in [1.54, 1.807) is 18.5 Å². The maximum absolute atomic E-state index is 13.1. The molecule has 0 saturated carbocycles. The molecule has 0 unspecified atom stereocenters. The lowest BCUT2D eigenvalue weighted by Crippen LogP contribution is -1.85. The van der Waals surface area contributed by atoms with Crippen LogP contribution in [0.2, 0.25) is 0 Å². The zero-order chi connectivity index (χ0) is 11.8. The van der Waals surface area contributed by atoms with Crippen LogP contribution in [0.25, 0.3) is 22.6 Å². The first-order valence-electron chi connectivity index (χ1n) is 4.90. The summed E-state index contributed by atoms with van der Waals surface area (Å²) in [5, 5.41) is 0. The van der Waals surface area contributed by atoms with E-state index >= 15 is 0 Å². The molecule has 3 aromatic rings. The lowest BCUT2D eigenvalue weighted by Gasteiger charge is -1.96. The molecule has 5 heteroatoms. The Morgan fingerprint density at radius 2 is 1.94 bits per heavy atom. The zero-order valence-electron chi connectivity index (χ0n) is 8.52. The molecule has 0 aliphatic heterocycles. The molecule has 2 heterocycles. The Hall–Kier alpha value is -2.30. The van der Waals surface area contributed by atoms with Gasteiger partial charge in [-0.2, -0.15) is 0 Å². The first-order valence-corrected chi connectivity index (χ1v) is 4.90. The molecule has 2 aromatic heterocycles. The highest BCUT2D eigenvalue weighted by molar-refractivity contribution is 5.74. The number of rotatable bonds is 1. The van der Waals surface area contributed by atoms with E-state index < -0.39 is 11.6 Å². The van der Waals surface area contributed by atoms with E-state index in [4.69, 9.17) is 4.42 Å². The molecule has 0 bridgehead atoms. The predicted molar refractivity (Wildman–Crippen MR) is 57.2 cm³/mol. The Kier molecular flexibility index (Phi) is 2.11. The lowest BCUT2D eigenvalue weighted by molar-refractivity contribution is 0.508. The van der Waals surface area contributed by atoms with E-state index in [2.05, 4.69) is 9.97 Å². The minimum absolute atomic E-state index is 0.243. The van der Waals surface area contributed by atoms with Crippen LogP contribution in [0.1, 0.15) is 0 Å². The van der Waals surface area contributed by atoms with Gasteiger partial charge in [0.25, 0.3) is 0 Å². The first kappa shape index (κ1) is 9.89. The summed E-state index contributed by atoms with van der Waals surface area (Å²) in [4.78, 5) is 8.03. The van der Waals surface area contributed by atoms with Gasteiger partial charge < -0.3 is 4.42 Å². The minimum atomic E-state index is -0.928. The third kappa shape index (κ3) is 1.65. The van der Waals surface area contributed by atoms with Gasteiger partial charge in [-0.3, -0.25) is 4.98 Å². The number of hydrogen-bond acceptors (Lipinski definition) is 3. The molecular formula is C12H6F2N2O. The van der Waals surface area contributed by atoms with Gasteiger partial charge >= 0.3 is 0 Å². The number of fused-ring (bicyclic) bond motifs is 1. The van der Waals surface area contributed by atoms with E-state index in [-0.39, 0.29) is 5.89 Å². The highest BCUT2D eigenvalue weighted by atomic mass is 19.2. The van der Waals surface area contributed by atoms with Crippen molar-refractivity contribution in [3.05, 3.63) is 48.3 Å². The molecule has 0 spiro atoms. The number of nitrogens with zero attached hydrogens (tertiary/aromatic N) is 2. The van der Waals surface area contributed by atoms with Crippen molar-refractivity contribution in [1.82, 2.24) is 9.97 Å². The molecule has 84 valence electrons. The van der Waals surface area contributed by atoms with Gasteiger partial charge in [-0.15, -0.1) is 0 Å². The van der Waals surface area contributed by atoms with Crippen molar-refractivity contribution >= 4 is 11.1 Å². The van der Waals surface area contributed by atoms with Gasteiger partial charge in [-0.1, -0.05) is 0 Å². The van der Waals surface area contributed by atoms with Crippen LogP contribution in [-0.4, -0.2) is 9.97 Å². The fourth-order valence-corrected chi connectivity index (χ4v) is 1.53. The monoisotopic (exact) mass is 232 g/mol. The summed E-state index contributed by atoms with van der Waals surface area (Å²) in [5.41, 5.74) is 1.52. The summed E-state index contributed by atoms with van der Waals surface area (Å²) in [6, 6.07) is 5.16. The number of benzene rings is 1. The lowest BCUT2D eigenvalue weighted by atomic mass is 10.2. The normalized spacial score (nSPS) is 10.9. The van der Waals surface area contributed by atoms with Gasteiger partial charge in [0.1, 0.15) is 5.52 Å². The van der Waals surface area contributed by atoms with Crippen molar-refractivity contribution < 1.29 is 13.2 Å². The maximum Gasteiger partial charge on any atom is 0.227 e. The SMILES string of the molecule is Fc1ccc(-c2nc3cnccc3o2)cc1F. The van der Waals surface area contributed by atoms with Gasteiger partial charge in [-0.25, -0.2) is 13.8 Å². The van der Waals surface area contributed by atoms with E-state index in [0.29, 0.717) is 16.7 Å². The molecule has 0 N–H and O–H groups in total. The highest BCUT2D eigenvalue weighted by Crippen LogP contribution is 2.24. The summed E-state index contributed by atoms with van der Waals surface area (Å²) >= 11 is 0. The molecule has 0 radical (unpaired) electrons. The number of pyridine rings is 1. The average molecular weight is 232 g/mol. The number of oxazole rings is 1. The van der Waals surface area contributed by atoms with Crippen LogP contribution >= 0.6 is 0 Å². The Morgan fingerprint density at radius 3 is 2.71 bits per heavy atom. The zero-order valence-corrected chi connectivity index (χ0v) is 8.52. The quantitative estimate of drug-likeness (QED) is 0.646. The van der Waals surface area contributed by atoms with E-state index in [1.165, 1.54) is 6.07 Å². The van der Waals surface area contributed by atoms with Crippen molar-refractivity contribution in [2.75, 3.05) is 0 Å². The summed E-state index contributed by atoms with van der Waals surface area (Å²) in [6.07, 6.45) is 3.12. The van der Waals surface area contributed by atoms with Crippen LogP contribution < -0.4 is 0 Å². The largest absolute Gasteiger partial charge is 0.436 e. The van der Waals surface area contributed by atoms with E-state index in [1.807, 2.05) is 0 Å². The fraction of sp³-hybridized carbons (Fsp3) is 0. The van der Waals surface area contributed by atoms with Gasteiger partial charge in [0.2, 0.25) is 5.89 Å². The summed E-state index contributed by atoms with van der Waals surface area (Å²) in [5.74, 6) is -1.58. The standard InChI is InChI=1S/C12H6F2N2O/c13-8-2-1-7(5-9(8)14)12-16-10-6-15-4-3-11(10)17-12/h1-6H. The van der Waals surface area contributed by atoms with Crippen LogP contribution in [0.3, 0.4) is 0 Å². The van der Waals surface area contributed by atoms with Crippen LogP contribution in [0, 0.1) is 11.6 Å². The number of halogens is 2. The Balaban J connectivity index is 2.17. The number of hydrogen-bond donors (Lipinski definition) is 0. The van der Waals surface area contributed by atoms with Crippen molar-refractivity contribution in [2.45, 2.75) is 0 Å². The van der Waals surface area contributed by atoms with Crippen LogP contribution in [0.15, 0.2) is 41.1 Å². The minimum Gasteiger partial charge on any atom is -0.436 e. The summed E-state index contributed by atoms with van der Waals surface area (Å²) in [7, 11) is 0. The molecule has 0 aliphatic carbocycles. The topological polar surface area (TPSA) is 38.9 Å². The molecule has 0 amide bonds. The van der Waals surface area contributed by atoms with Gasteiger partial charge in [0, 0.05) is 17.8 Å². The molecule has 3 rings (SSSR count). The highest BCUT2D eigenvalue weighted by Gasteiger charge is 2.10. The predicted octanol–water partition coefficient (Wildman–Crippen LogP) is 3.17. The molecule has 0 aliphatic rings. The maximum atomic E-state index is 13.1.